The van der Waals surface area contributed by atoms with Crippen molar-refractivity contribution in [1.29, 1.82) is 0 Å². The number of amides is 1. The Bertz CT molecular complexity index is 275. The third-order valence-electron chi connectivity index (χ3n) is 4.04. The van der Waals surface area contributed by atoms with Crippen LogP contribution in [0.5, 0.6) is 0 Å². The third-order valence-corrected chi connectivity index (χ3v) is 4.04. The van der Waals surface area contributed by atoms with Crippen molar-refractivity contribution in [2.24, 2.45) is 5.73 Å². The molecule has 17 heavy (non-hydrogen) atoms. The van der Waals surface area contributed by atoms with Crippen molar-refractivity contribution >= 4 is 5.91 Å². The molecular weight excluding hydrogens is 216 g/mol. The lowest BCUT2D eigenvalue weighted by atomic mass is 9.83. The highest BCUT2D eigenvalue weighted by atomic mass is 16.5. The fraction of sp³-hybridized carbons (Fsp3) is 0.923. The van der Waals surface area contributed by atoms with Crippen LogP contribution in [0.4, 0.5) is 0 Å². The first-order valence-corrected chi connectivity index (χ1v) is 6.80. The first-order chi connectivity index (χ1) is 8.13. The van der Waals surface area contributed by atoms with Crippen molar-refractivity contribution in [1.82, 2.24) is 5.32 Å². The highest BCUT2D eigenvalue weighted by Gasteiger charge is 2.34. The molecule has 4 heteroatoms. The number of carbonyl (C=O) groups excluding carboxylic acids is 1. The molecule has 1 aliphatic heterocycles. The zero-order valence-electron chi connectivity index (χ0n) is 10.7. The maximum absolute atomic E-state index is 12.1. The highest BCUT2D eigenvalue weighted by molar-refractivity contribution is 5.81. The molecule has 1 amide bonds. The van der Waals surface area contributed by atoms with Crippen LogP contribution in [0.3, 0.4) is 0 Å². The van der Waals surface area contributed by atoms with Gasteiger partial charge in [0, 0.05) is 12.1 Å². The lowest BCUT2D eigenvalue weighted by Crippen LogP contribution is -2.50. The molecule has 1 saturated carbocycles. The van der Waals surface area contributed by atoms with Crippen LogP contribution in [0.1, 0.15) is 51.9 Å². The summed E-state index contributed by atoms with van der Waals surface area (Å²) in [6.45, 7) is 2.67. The summed E-state index contributed by atoms with van der Waals surface area (Å²) in [6, 6.07) is 0. The van der Waals surface area contributed by atoms with Gasteiger partial charge in [-0.15, -0.1) is 0 Å². The van der Waals surface area contributed by atoms with Crippen LogP contribution in [-0.2, 0) is 9.53 Å². The molecule has 0 radical (unpaired) electrons. The predicted octanol–water partition coefficient (Wildman–Crippen LogP) is 1.33. The molecule has 2 fully saturated rings. The van der Waals surface area contributed by atoms with Crippen LogP contribution in [0, 0.1) is 0 Å². The van der Waals surface area contributed by atoms with Gasteiger partial charge in [0.1, 0.15) is 6.10 Å². The minimum absolute atomic E-state index is 0.0144. The molecule has 0 spiro atoms. The normalized spacial score (nSPS) is 32.4. The van der Waals surface area contributed by atoms with Gasteiger partial charge in [0.05, 0.1) is 6.10 Å². The average molecular weight is 240 g/mol. The first kappa shape index (κ1) is 12.8. The molecule has 0 bridgehead atoms. The minimum Gasteiger partial charge on any atom is -0.364 e. The maximum Gasteiger partial charge on any atom is 0.249 e. The van der Waals surface area contributed by atoms with E-state index in [0.717, 1.165) is 25.7 Å². The van der Waals surface area contributed by atoms with Crippen molar-refractivity contribution in [3.8, 4) is 0 Å². The summed E-state index contributed by atoms with van der Waals surface area (Å²) in [5.74, 6) is 0.0605. The highest BCUT2D eigenvalue weighted by Crippen LogP contribution is 2.28. The van der Waals surface area contributed by atoms with Gasteiger partial charge in [-0.25, -0.2) is 0 Å². The van der Waals surface area contributed by atoms with Crippen molar-refractivity contribution in [2.45, 2.75) is 69.6 Å². The van der Waals surface area contributed by atoms with Gasteiger partial charge in [-0.3, -0.25) is 4.79 Å². The van der Waals surface area contributed by atoms with Crippen LogP contribution in [-0.4, -0.2) is 30.2 Å². The van der Waals surface area contributed by atoms with Crippen molar-refractivity contribution in [2.75, 3.05) is 6.54 Å². The number of carbonyl (C=O) groups is 1. The zero-order chi connectivity index (χ0) is 12.3. The van der Waals surface area contributed by atoms with E-state index < -0.39 is 0 Å². The van der Waals surface area contributed by atoms with Gasteiger partial charge in [-0.2, -0.15) is 0 Å². The Labute approximate surface area is 103 Å². The lowest BCUT2D eigenvalue weighted by Gasteiger charge is -2.35. The van der Waals surface area contributed by atoms with Crippen LogP contribution in [0.15, 0.2) is 0 Å². The van der Waals surface area contributed by atoms with Gasteiger partial charge in [-0.05, 0) is 32.6 Å². The molecule has 1 saturated heterocycles. The summed E-state index contributed by atoms with van der Waals surface area (Å²) >= 11 is 0. The van der Waals surface area contributed by atoms with Crippen molar-refractivity contribution in [3.05, 3.63) is 0 Å². The van der Waals surface area contributed by atoms with Crippen molar-refractivity contribution in [3.63, 3.8) is 0 Å². The van der Waals surface area contributed by atoms with E-state index in [-0.39, 0.29) is 23.7 Å². The Morgan fingerprint density at radius 2 is 2.06 bits per heavy atom. The van der Waals surface area contributed by atoms with Crippen LogP contribution in [0.25, 0.3) is 0 Å². The number of hydrogen-bond acceptors (Lipinski definition) is 3. The summed E-state index contributed by atoms with van der Waals surface area (Å²) in [4.78, 5) is 12.1. The predicted molar refractivity (Wildman–Crippen MR) is 66.6 cm³/mol. The second-order valence-electron chi connectivity index (χ2n) is 5.67. The van der Waals surface area contributed by atoms with E-state index in [0.29, 0.717) is 6.54 Å². The first-order valence-electron chi connectivity index (χ1n) is 6.80. The molecule has 98 valence electrons. The molecule has 2 atom stereocenters. The fourth-order valence-corrected chi connectivity index (χ4v) is 2.91. The molecule has 0 aromatic rings. The number of nitrogens with two attached hydrogens (primary N) is 1. The second-order valence-corrected chi connectivity index (χ2v) is 5.67. The molecule has 2 aliphatic rings. The Hall–Kier alpha value is -0.610. The maximum atomic E-state index is 12.1. The third kappa shape index (κ3) is 3.19. The van der Waals surface area contributed by atoms with Crippen LogP contribution >= 0.6 is 0 Å². The van der Waals surface area contributed by atoms with Gasteiger partial charge < -0.3 is 15.8 Å². The summed E-state index contributed by atoms with van der Waals surface area (Å²) in [7, 11) is 0. The minimum atomic E-state index is -0.276. The Morgan fingerprint density at radius 3 is 2.65 bits per heavy atom. The average Bonchev–Trinajstić information content (AvgIpc) is 2.78. The van der Waals surface area contributed by atoms with Gasteiger partial charge >= 0.3 is 0 Å². The van der Waals surface area contributed by atoms with E-state index in [9.17, 15) is 4.79 Å². The summed E-state index contributed by atoms with van der Waals surface area (Å²) in [5, 5.41) is 3.18. The summed E-state index contributed by atoms with van der Waals surface area (Å²) in [6.07, 6.45) is 7.42. The smallest absolute Gasteiger partial charge is 0.249 e. The Balaban J connectivity index is 1.84. The largest absolute Gasteiger partial charge is 0.364 e. The van der Waals surface area contributed by atoms with Crippen LogP contribution < -0.4 is 11.1 Å². The molecule has 0 aromatic carbocycles. The van der Waals surface area contributed by atoms with Gasteiger partial charge in [0.15, 0.2) is 0 Å². The number of rotatable bonds is 3. The second kappa shape index (κ2) is 5.36. The summed E-state index contributed by atoms with van der Waals surface area (Å²) in [5.41, 5.74) is 5.54. The van der Waals surface area contributed by atoms with E-state index in [2.05, 4.69) is 12.2 Å². The van der Waals surface area contributed by atoms with Gasteiger partial charge in [0.25, 0.3) is 0 Å². The molecule has 1 aliphatic carbocycles. The lowest BCUT2D eigenvalue weighted by molar-refractivity contribution is -0.134. The molecule has 2 unspecified atom stereocenters. The van der Waals surface area contributed by atoms with E-state index >= 15 is 0 Å². The number of ether oxygens (including phenoxy) is 1. The Morgan fingerprint density at radius 1 is 1.35 bits per heavy atom. The number of hydrogen-bond donors (Lipinski definition) is 2. The zero-order valence-corrected chi connectivity index (χ0v) is 10.7. The standard InChI is InChI=1S/C13H24N2O2/c1-13(7-3-2-4-8-13)15-12(16)11-6-5-10(9-14)17-11/h10-11H,2-9,14H2,1H3,(H,15,16). The molecular formula is C13H24N2O2. The van der Waals surface area contributed by atoms with Crippen molar-refractivity contribution < 1.29 is 9.53 Å². The molecule has 4 nitrogen and oxygen atoms in total. The van der Waals surface area contributed by atoms with E-state index in [4.69, 9.17) is 10.5 Å². The molecule has 0 aromatic heterocycles. The van der Waals surface area contributed by atoms with Gasteiger partial charge in [0.2, 0.25) is 5.91 Å². The Kier molecular flexibility index (Phi) is 4.05. The number of nitrogens with one attached hydrogen (secondary N) is 1. The monoisotopic (exact) mass is 240 g/mol. The topological polar surface area (TPSA) is 64.4 Å². The van der Waals surface area contributed by atoms with E-state index in [1.807, 2.05) is 0 Å². The molecule has 2 rings (SSSR count). The van der Waals surface area contributed by atoms with Gasteiger partial charge in [-0.1, -0.05) is 19.3 Å². The van der Waals surface area contributed by atoms with Crippen LogP contribution in [0.2, 0.25) is 0 Å². The van der Waals surface area contributed by atoms with E-state index in [1.165, 1.54) is 19.3 Å². The molecule has 1 heterocycles. The SMILES string of the molecule is CC1(NC(=O)C2CCC(CN)O2)CCCCC1. The van der Waals surface area contributed by atoms with E-state index in [1.54, 1.807) is 0 Å². The fourth-order valence-electron chi connectivity index (χ4n) is 2.91. The molecule has 3 N–H and O–H groups in total. The summed E-state index contributed by atoms with van der Waals surface area (Å²) < 4.78 is 5.62. The quantitative estimate of drug-likeness (QED) is 0.782.